The predicted molar refractivity (Wildman–Crippen MR) is 66.9 cm³/mol. The van der Waals surface area contributed by atoms with Crippen molar-refractivity contribution in [3.05, 3.63) is 11.1 Å². The molecule has 2 atom stereocenters. The smallest absolute Gasteiger partial charge is 0.247 e. The van der Waals surface area contributed by atoms with Crippen LogP contribution in [-0.4, -0.2) is 16.8 Å². The highest BCUT2D eigenvalue weighted by atomic mass is 16.2. The molecule has 0 radical (unpaired) electrons. The van der Waals surface area contributed by atoms with Gasteiger partial charge in [-0.05, 0) is 37.5 Å². The van der Waals surface area contributed by atoms with Crippen molar-refractivity contribution in [2.24, 2.45) is 23.1 Å². The zero-order valence-electron chi connectivity index (χ0n) is 11.0. The number of nitrogens with zero attached hydrogens (tertiary/aromatic N) is 1. The number of amides is 2. The van der Waals surface area contributed by atoms with Crippen molar-refractivity contribution >= 4 is 11.8 Å². The van der Waals surface area contributed by atoms with E-state index in [2.05, 4.69) is 13.8 Å². The molecular formula is C14H20N2O2. The fraction of sp³-hybridized carbons (Fsp3) is 0.714. The van der Waals surface area contributed by atoms with Crippen molar-refractivity contribution in [1.82, 2.24) is 5.01 Å². The van der Waals surface area contributed by atoms with Crippen LogP contribution in [-0.2, 0) is 9.59 Å². The maximum atomic E-state index is 12.0. The summed E-state index contributed by atoms with van der Waals surface area (Å²) in [6.07, 6.45) is 4.95. The maximum absolute atomic E-state index is 12.0. The molecule has 0 spiro atoms. The van der Waals surface area contributed by atoms with Gasteiger partial charge in [0.1, 0.15) is 0 Å². The number of hydrazine groups is 1. The quantitative estimate of drug-likeness (QED) is 0.307. The molecule has 0 aromatic heterocycles. The van der Waals surface area contributed by atoms with Gasteiger partial charge in [-0.25, -0.2) is 10.9 Å². The number of fused-ring (bicyclic) bond motifs is 1. The Morgan fingerprint density at radius 1 is 1.17 bits per heavy atom. The molecule has 98 valence electrons. The van der Waals surface area contributed by atoms with Crippen LogP contribution in [0.5, 0.6) is 0 Å². The fourth-order valence-corrected chi connectivity index (χ4v) is 3.92. The summed E-state index contributed by atoms with van der Waals surface area (Å²) in [6, 6.07) is 0. The second-order valence-corrected chi connectivity index (χ2v) is 6.49. The Morgan fingerprint density at radius 3 is 2.44 bits per heavy atom. The van der Waals surface area contributed by atoms with E-state index in [1.165, 1.54) is 24.0 Å². The molecule has 1 saturated heterocycles. The van der Waals surface area contributed by atoms with Gasteiger partial charge in [-0.1, -0.05) is 25.0 Å². The number of hydrogen-bond donors (Lipinski definition) is 1. The third-order valence-corrected chi connectivity index (χ3v) is 5.01. The summed E-state index contributed by atoms with van der Waals surface area (Å²) < 4.78 is 0. The van der Waals surface area contributed by atoms with Crippen molar-refractivity contribution in [2.45, 2.75) is 46.0 Å². The second kappa shape index (κ2) is 3.67. The van der Waals surface area contributed by atoms with Crippen molar-refractivity contribution < 1.29 is 9.59 Å². The number of allylic oxidation sites excluding steroid dienone is 2. The lowest BCUT2D eigenvalue weighted by atomic mass is 9.63. The first-order chi connectivity index (χ1) is 8.42. The van der Waals surface area contributed by atoms with Crippen LogP contribution in [0.1, 0.15) is 46.0 Å². The molecule has 3 aliphatic rings. The van der Waals surface area contributed by atoms with E-state index in [4.69, 9.17) is 5.84 Å². The predicted octanol–water partition coefficient (Wildman–Crippen LogP) is 1.76. The van der Waals surface area contributed by atoms with E-state index in [-0.39, 0.29) is 29.1 Å². The Labute approximate surface area is 107 Å². The van der Waals surface area contributed by atoms with Gasteiger partial charge in [0.05, 0.1) is 11.8 Å². The summed E-state index contributed by atoms with van der Waals surface area (Å²) in [4.78, 5) is 23.9. The number of nitrogens with two attached hydrogens (primary N) is 1. The van der Waals surface area contributed by atoms with Gasteiger partial charge in [-0.2, -0.15) is 0 Å². The first kappa shape index (κ1) is 11.9. The molecule has 0 aromatic rings. The second-order valence-electron chi connectivity index (χ2n) is 6.49. The molecule has 0 unspecified atom stereocenters. The van der Waals surface area contributed by atoms with Crippen molar-refractivity contribution in [3.8, 4) is 0 Å². The summed E-state index contributed by atoms with van der Waals surface area (Å²) >= 11 is 0. The summed E-state index contributed by atoms with van der Waals surface area (Å²) in [5.41, 5.74) is 3.03. The van der Waals surface area contributed by atoms with E-state index in [1.807, 2.05) is 0 Å². The van der Waals surface area contributed by atoms with E-state index in [0.717, 1.165) is 24.3 Å². The SMILES string of the molecule is CC1(C)CCCC2=C1C[C@@H]1C(=O)N(N)C(=O)[C@H]1C2. The van der Waals surface area contributed by atoms with Crippen LogP contribution in [0.4, 0.5) is 0 Å². The van der Waals surface area contributed by atoms with Gasteiger partial charge in [0, 0.05) is 0 Å². The number of imide groups is 1. The molecule has 1 aliphatic heterocycles. The molecule has 18 heavy (non-hydrogen) atoms. The molecular weight excluding hydrogens is 228 g/mol. The van der Waals surface area contributed by atoms with Crippen LogP contribution in [0.25, 0.3) is 0 Å². The topological polar surface area (TPSA) is 63.4 Å². The molecule has 2 N–H and O–H groups in total. The Morgan fingerprint density at radius 2 is 1.78 bits per heavy atom. The number of carbonyl (C=O) groups excluding carboxylic acids is 2. The molecule has 2 aliphatic carbocycles. The molecule has 1 heterocycles. The van der Waals surface area contributed by atoms with Crippen molar-refractivity contribution in [3.63, 3.8) is 0 Å². The first-order valence-corrected chi connectivity index (χ1v) is 6.76. The van der Waals surface area contributed by atoms with E-state index in [0.29, 0.717) is 0 Å². The lowest BCUT2D eigenvalue weighted by molar-refractivity contribution is -0.140. The Kier molecular flexibility index (Phi) is 2.43. The third-order valence-electron chi connectivity index (χ3n) is 5.01. The highest BCUT2D eigenvalue weighted by Gasteiger charge is 2.51. The van der Waals surface area contributed by atoms with Gasteiger partial charge in [0.15, 0.2) is 0 Å². The van der Waals surface area contributed by atoms with Crippen LogP contribution >= 0.6 is 0 Å². The monoisotopic (exact) mass is 248 g/mol. The average molecular weight is 248 g/mol. The van der Waals surface area contributed by atoms with E-state index < -0.39 is 0 Å². The van der Waals surface area contributed by atoms with Crippen LogP contribution in [0.2, 0.25) is 0 Å². The Bertz CT molecular complexity index is 464. The average Bonchev–Trinajstić information content (AvgIpc) is 2.53. The number of hydrogen-bond acceptors (Lipinski definition) is 3. The Hall–Kier alpha value is -1.16. The molecule has 0 saturated carbocycles. The zero-order valence-corrected chi connectivity index (χ0v) is 11.0. The summed E-state index contributed by atoms with van der Waals surface area (Å²) in [6.45, 7) is 4.51. The molecule has 2 amide bonds. The fourth-order valence-electron chi connectivity index (χ4n) is 3.92. The largest absolute Gasteiger partial charge is 0.273 e. The highest BCUT2D eigenvalue weighted by Crippen LogP contribution is 2.51. The minimum absolute atomic E-state index is 0.181. The zero-order chi connectivity index (χ0) is 13.1. The van der Waals surface area contributed by atoms with Gasteiger partial charge >= 0.3 is 0 Å². The molecule has 0 aromatic carbocycles. The molecule has 4 nitrogen and oxygen atoms in total. The highest BCUT2D eigenvalue weighted by molar-refractivity contribution is 6.04. The van der Waals surface area contributed by atoms with Gasteiger partial charge < -0.3 is 0 Å². The number of carbonyl (C=O) groups is 2. The molecule has 0 bridgehead atoms. The van der Waals surface area contributed by atoms with Gasteiger partial charge in [0.25, 0.3) is 0 Å². The third kappa shape index (κ3) is 1.48. The van der Waals surface area contributed by atoms with E-state index in [1.54, 1.807) is 0 Å². The van der Waals surface area contributed by atoms with E-state index >= 15 is 0 Å². The standard InChI is InChI=1S/C14H20N2O2/c1-14(2)5-3-4-8-6-9-10(7-11(8)14)13(18)16(15)12(9)17/h9-10H,3-7,15H2,1-2H3/t9-,10-/m0/s1. The number of rotatable bonds is 0. The minimum atomic E-state index is -0.196. The van der Waals surface area contributed by atoms with Crippen LogP contribution < -0.4 is 5.84 Å². The molecule has 1 fully saturated rings. The minimum Gasteiger partial charge on any atom is -0.273 e. The van der Waals surface area contributed by atoms with Crippen molar-refractivity contribution in [1.29, 1.82) is 0 Å². The lowest BCUT2D eigenvalue weighted by Gasteiger charge is -2.40. The lowest BCUT2D eigenvalue weighted by Crippen LogP contribution is -2.37. The summed E-state index contributed by atoms with van der Waals surface area (Å²) in [7, 11) is 0. The molecule has 3 rings (SSSR count). The van der Waals surface area contributed by atoms with Gasteiger partial charge in [-0.3, -0.25) is 9.59 Å². The normalized spacial score (nSPS) is 34.7. The first-order valence-electron chi connectivity index (χ1n) is 6.76. The van der Waals surface area contributed by atoms with Crippen LogP contribution in [0.15, 0.2) is 11.1 Å². The summed E-state index contributed by atoms with van der Waals surface area (Å²) in [5.74, 6) is 4.81. The Balaban J connectivity index is 1.98. The van der Waals surface area contributed by atoms with E-state index in [9.17, 15) is 9.59 Å². The van der Waals surface area contributed by atoms with Crippen LogP contribution in [0.3, 0.4) is 0 Å². The van der Waals surface area contributed by atoms with Gasteiger partial charge in [-0.15, -0.1) is 0 Å². The van der Waals surface area contributed by atoms with Gasteiger partial charge in [0.2, 0.25) is 11.8 Å². The van der Waals surface area contributed by atoms with Crippen LogP contribution in [0, 0.1) is 17.3 Å². The maximum Gasteiger partial charge on any atom is 0.247 e. The van der Waals surface area contributed by atoms with Crippen molar-refractivity contribution in [2.75, 3.05) is 0 Å². The summed E-state index contributed by atoms with van der Waals surface area (Å²) in [5, 5.41) is 0.848. The molecule has 4 heteroatoms.